The second-order valence-corrected chi connectivity index (χ2v) is 6.35. The van der Waals surface area contributed by atoms with Crippen molar-refractivity contribution in [2.45, 2.75) is 33.2 Å². The molecule has 1 amide bonds. The molecule has 0 fully saturated rings. The summed E-state index contributed by atoms with van der Waals surface area (Å²) in [6.07, 6.45) is 1.61. The Bertz CT molecular complexity index is 889. The van der Waals surface area contributed by atoms with Gasteiger partial charge in [-0.15, -0.1) is 0 Å². The van der Waals surface area contributed by atoms with Gasteiger partial charge in [-0.05, 0) is 42.7 Å². The van der Waals surface area contributed by atoms with Crippen LogP contribution in [0.1, 0.15) is 47.3 Å². The Morgan fingerprint density at radius 3 is 2.69 bits per heavy atom. The lowest BCUT2D eigenvalue weighted by Gasteiger charge is -2.14. The summed E-state index contributed by atoms with van der Waals surface area (Å²) in [7, 11) is 0. The first-order chi connectivity index (χ1) is 12.5. The van der Waals surface area contributed by atoms with Crippen LogP contribution in [0, 0.1) is 6.92 Å². The van der Waals surface area contributed by atoms with Gasteiger partial charge in [-0.25, -0.2) is 9.97 Å². The summed E-state index contributed by atoms with van der Waals surface area (Å²) in [5.74, 6) is 1.21. The summed E-state index contributed by atoms with van der Waals surface area (Å²) in [5, 5.41) is 6.04. The second kappa shape index (κ2) is 7.82. The standard InChI is InChI=1S/C20H22N4O2/c1-13(2)16-8-4-5-9-17(16)23-19(25)18-11-14(3)22-20(24-18)21-12-15-7-6-10-26-15/h4-11,13H,12H2,1-3H3,(H,23,25)(H,21,22,24). The van der Waals surface area contributed by atoms with Crippen LogP contribution in [0.5, 0.6) is 0 Å². The zero-order valence-corrected chi connectivity index (χ0v) is 15.1. The monoisotopic (exact) mass is 350 g/mol. The molecule has 134 valence electrons. The number of hydrogen-bond donors (Lipinski definition) is 2. The van der Waals surface area contributed by atoms with E-state index in [-0.39, 0.29) is 5.91 Å². The van der Waals surface area contributed by atoms with Gasteiger partial charge in [-0.1, -0.05) is 32.0 Å². The maximum atomic E-state index is 12.7. The van der Waals surface area contributed by atoms with Crippen LogP contribution in [-0.4, -0.2) is 15.9 Å². The van der Waals surface area contributed by atoms with Crippen LogP contribution < -0.4 is 10.6 Å². The van der Waals surface area contributed by atoms with Crippen molar-refractivity contribution >= 4 is 17.5 Å². The van der Waals surface area contributed by atoms with Crippen molar-refractivity contribution in [3.8, 4) is 0 Å². The Balaban J connectivity index is 1.77. The fourth-order valence-electron chi connectivity index (χ4n) is 2.64. The normalized spacial score (nSPS) is 10.8. The highest BCUT2D eigenvalue weighted by Gasteiger charge is 2.14. The highest BCUT2D eigenvalue weighted by atomic mass is 16.3. The Kier molecular flexibility index (Phi) is 5.31. The van der Waals surface area contributed by atoms with Gasteiger partial charge in [0.05, 0.1) is 12.8 Å². The second-order valence-electron chi connectivity index (χ2n) is 6.35. The lowest BCUT2D eigenvalue weighted by molar-refractivity contribution is 0.102. The number of hydrogen-bond acceptors (Lipinski definition) is 5. The van der Waals surface area contributed by atoms with Gasteiger partial charge >= 0.3 is 0 Å². The fraction of sp³-hybridized carbons (Fsp3) is 0.250. The van der Waals surface area contributed by atoms with Crippen molar-refractivity contribution < 1.29 is 9.21 Å². The number of benzene rings is 1. The van der Waals surface area contributed by atoms with E-state index in [9.17, 15) is 4.79 Å². The number of carbonyl (C=O) groups excluding carboxylic acids is 1. The molecular formula is C20H22N4O2. The summed E-state index contributed by atoms with van der Waals surface area (Å²) in [4.78, 5) is 21.3. The van der Waals surface area contributed by atoms with E-state index in [1.54, 1.807) is 12.3 Å². The summed E-state index contributed by atoms with van der Waals surface area (Å²) < 4.78 is 5.28. The van der Waals surface area contributed by atoms with Gasteiger partial charge in [0, 0.05) is 11.4 Å². The smallest absolute Gasteiger partial charge is 0.274 e. The molecule has 2 N–H and O–H groups in total. The number of amides is 1. The maximum Gasteiger partial charge on any atom is 0.274 e. The predicted octanol–water partition coefficient (Wildman–Crippen LogP) is 4.37. The van der Waals surface area contributed by atoms with Gasteiger partial charge < -0.3 is 15.1 Å². The third kappa shape index (κ3) is 4.27. The van der Waals surface area contributed by atoms with E-state index < -0.39 is 0 Å². The van der Waals surface area contributed by atoms with Crippen LogP contribution >= 0.6 is 0 Å². The maximum absolute atomic E-state index is 12.7. The number of nitrogens with one attached hydrogen (secondary N) is 2. The Morgan fingerprint density at radius 1 is 1.15 bits per heavy atom. The zero-order chi connectivity index (χ0) is 18.5. The van der Waals surface area contributed by atoms with E-state index in [0.717, 1.165) is 17.0 Å². The number of furan rings is 1. The van der Waals surface area contributed by atoms with Crippen molar-refractivity contribution in [3.63, 3.8) is 0 Å². The van der Waals surface area contributed by atoms with E-state index in [4.69, 9.17) is 4.42 Å². The van der Waals surface area contributed by atoms with Crippen molar-refractivity contribution in [1.29, 1.82) is 0 Å². The third-order valence-electron chi connectivity index (χ3n) is 3.92. The number of carbonyl (C=O) groups is 1. The van der Waals surface area contributed by atoms with E-state index in [2.05, 4.69) is 34.4 Å². The van der Waals surface area contributed by atoms with Gasteiger partial charge in [0.2, 0.25) is 5.95 Å². The van der Waals surface area contributed by atoms with Crippen LogP contribution in [0.15, 0.2) is 53.1 Å². The highest BCUT2D eigenvalue weighted by Crippen LogP contribution is 2.24. The topological polar surface area (TPSA) is 80.0 Å². The number of aromatic nitrogens is 2. The first-order valence-electron chi connectivity index (χ1n) is 8.55. The number of nitrogens with zero attached hydrogens (tertiary/aromatic N) is 2. The highest BCUT2D eigenvalue weighted by molar-refractivity contribution is 6.03. The molecule has 3 rings (SSSR count). The summed E-state index contributed by atoms with van der Waals surface area (Å²) >= 11 is 0. The summed E-state index contributed by atoms with van der Waals surface area (Å²) in [6, 6.07) is 13.1. The number of para-hydroxylation sites is 1. The molecule has 0 radical (unpaired) electrons. The molecule has 6 nitrogen and oxygen atoms in total. The average molecular weight is 350 g/mol. The van der Waals surface area contributed by atoms with Crippen LogP contribution in [0.3, 0.4) is 0 Å². The summed E-state index contributed by atoms with van der Waals surface area (Å²) in [5.41, 5.74) is 2.92. The Morgan fingerprint density at radius 2 is 1.96 bits per heavy atom. The number of aryl methyl sites for hydroxylation is 1. The van der Waals surface area contributed by atoms with Gasteiger partial charge in [0.15, 0.2) is 0 Å². The molecule has 3 aromatic rings. The number of rotatable bonds is 6. The average Bonchev–Trinajstić information content (AvgIpc) is 3.13. The van der Waals surface area contributed by atoms with Crippen molar-refractivity contribution in [2.24, 2.45) is 0 Å². The third-order valence-corrected chi connectivity index (χ3v) is 3.92. The molecule has 0 unspecified atom stereocenters. The first kappa shape index (κ1) is 17.7. The van der Waals surface area contributed by atoms with Gasteiger partial charge in [0.25, 0.3) is 5.91 Å². The molecule has 6 heteroatoms. The Labute approximate surface area is 152 Å². The van der Waals surface area contributed by atoms with Crippen LogP contribution in [0.25, 0.3) is 0 Å². The van der Waals surface area contributed by atoms with Gasteiger partial charge in [-0.2, -0.15) is 0 Å². The predicted molar refractivity (Wildman–Crippen MR) is 101 cm³/mol. The molecule has 0 aliphatic heterocycles. The molecule has 0 saturated carbocycles. The zero-order valence-electron chi connectivity index (χ0n) is 15.1. The van der Waals surface area contributed by atoms with Crippen LogP contribution in [0.2, 0.25) is 0 Å². The molecule has 0 aliphatic carbocycles. The Hall–Kier alpha value is -3.15. The molecule has 0 spiro atoms. The fourth-order valence-corrected chi connectivity index (χ4v) is 2.64. The lowest BCUT2D eigenvalue weighted by atomic mass is 10.0. The molecule has 2 aromatic heterocycles. The number of anilines is 2. The minimum absolute atomic E-state index is 0.260. The molecule has 0 bridgehead atoms. The van der Waals surface area contributed by atoms with Gasteiger partial charge in [-0.3, -0.25) is 4.79 Å². The van der Waals surface area contributed by atoms with Crippen molar-refractivity contribution in [2.75, 3.05) is 10.6 Å². The van der Waals surface area contributed by atoms with Gasteiger partial charge in [0.1, 0.15) is 11.5 Å². The molecular weight excluding hydrogens is 328 g/mol. The molecule has 0 aliphatic rings. The van der Waals surface area contributed by atoms with Crippen molar-refractivity contribution in [3.05, 3.63) is 71.4 Å². The molecule has 0 saturated heterocycles. The first-order valence-corrected chi connectivity index (χ1v) is 8.55. The minimum Gasteiger partial charge on any atom is -0.467 e. The van der Waals surface area contributed by atoms with Crippen molar-refractivity contribution in [1.82, 2.24) is 9.97 Å². The van der Waals surface area contributed by atoms with E-state index in [1.807, 2.05) is 43.3 Å². The molecule has 2 heterocycles. The molecule has 26 heavy (non-hydrogen) atoms. The molecule has 0 atom stereocenters. The quantitative estimate of drug-likeness (QED) is 0.690. The van der Waals surface area contributed by atoms with E-state index in [0.29, 0.717) is 29.8 Å². The molecule has 1 aromatic carbocycles. The van der Waals surface area contributed by atoms with Crippen LogP contribution in [0.4, 0.5) is 11.6 Å². The largest absolute Gasteiger partial charge is 0.467 e. The summed E-state index contributed by atoms with van der Waals surface area (Å²) in [6.45, 7) is 6.47. The van der Waals surface area contributed by atoms with E-state index in [1.165, 1.54) is 0 Å². The minimum atomic E-state index is -0.260. The van der Waals surface area contributed by atoms with E-state index >= 15 is 0 Å². The lowest BCUT2D eigenvalue weighted by Crippen LogP contribution is -2.17. The SMILES string of the molecule is Cc1cc(C(=O)Nc2ccccc2C(C)C)nc(NCc2ccco2)n1. The van der Waals surface area contributed by atoms with Crippen LogP contribution in [-0.2, 0) is 6.54 Å².